The molecule has 1 amide bonds. The summed E-state index contributed by atoms with van der Waals surface area (Å²) in [6, 6.07) is -0.797. The number of aliphatic hydroxyl groups excluding tert-OH is 1. The summed E-state index contributed by atoms with van der Waals surface area (Å²) >= 11 is 0. The second-order valence-electron chi connectivity index (χ2n) is 22.1. The van der Waals surface area contributed by atoms with Gasteiger partial charge in [-0.2, -0.15) is 0 Å². The normalized spacial score (nSPS) is 13.9. The maximum absolute atomic E-state index is 13.0. The van der Waals surface area contributed by atoms with Crippen molar-refractivity contribution >= 4 is 13.7 Å². The monoisotopic (exact) mass is 983 g/mol. The molecule has 0 aromatic carbocycles. The number of nitrogens with zero attached hydrogens (tertiary/aromatic N) is 1. The summed E-state index contributed by atoms with van der Waals surface area (Å²) in [5, 5.41) is 14.0. The predicted molar refractivity (Wildman–Crippen MR) is 293 cm³/mol. The lowest BCUT2D eigenvalue weighted by atomic mass is 10.0. The lowest BCUT2D eigenvalue weighted by Gasteiger charge is -2.30. The smallest absolute Gasteiger partial charge is 0.268 e. The average molecular weight is 984 g/mol. The molecule has 0 saturated carbocycles. The van der Waals surface area contributed by atoms with Gasteiger partial charge >= 0.3 is 0 Å². The molecular weight excluding hydrogens is 864 g/mol. The number of hydrogen-bond acceptors (Lipinski definition) is 6. The van der Waals surface area contributed by atoms with Crippen molar-refractivity contribution in [1.29, 1.82) is 0 Å². The number of carbonyl (C=O) groups excluding carboxylic acids is 1. The van der Waals surface area contributed by atoms with Crippen molar-refractivity contribution in [3.05, 3.63) is 12.2 Å². The first-order valence-corrected chi connectivity index (χ1v) is 31.5. The quantitative estimate of drug-likeness (QED) is 0.0272. The molecular formula is C59H119N2O6P. The second kappa shape index (κ2) is 51.2. The molecule has 8 nitrogen and oxygen atoms in total. The molecule has 0 saturated heterocycles. The van der Waals surface area contributed by atoms with Gasteiger partial charge in [0.25, 0.3) is 7.82 Å². The van der Waals surface area contributed by atoms with Crippen molar-refractivity contribution in [2.24, 2.45) is 0 Å². The summed E-state index contributed by atoms with van der Waals surface area (Å²) in [6.07, 6.45) is 62.6. The fraction of sp³-hybridized carbons (Fsp3) is 0.949. The number of carbonyl (C=O) groups is 1. The van der Waals surface area contributed by atoms with Gasteiger partial charge in [0.2, 0.25) is 5.91 Å². The molecule has 0 rings (SSSR count). The van der Waals surface area contributed by atoms with Crippen LogP contribution in [0.15, 0.2) is 12.2 Å². The minimum atomic E-state index is -4.57. The van der Waals surface area contributed by atoms with Crippen LogP contribution in [0.2, 0.25) is 0 Å². The number of aliphatic hydroxyl groups is 1. The van der Waals surface area contributed by atoms with Crippen molar-refractivity contribution in [3.8, 4) is 0 Å². The zero-order chi connectivity index (χ0) is 49.9. The zero-order valence-corrected chi connectivity index (χ0v) is 47.2. The van der Waals surface area contributed by atoms with E-state index in [0.717, 1.165) is 38.5 Å². The van der Waals surface area contributed by atoms with E-state index in [4.69, 9.17) is 9.05 Å². The van der Waals surface area contributed by atoms with Crippen LogP contribution in [0.3, 0.4) is 0 Å². The Morgan fingerprint density at radius 1 is 0.500 bits per heavy atom. The molecule has 0 aromatic heterocycles. The number of likely N-dealkylation sites (N-methyl/N-ethyl adjacent to an activating group) is 1. The van der Waals surface area contributed by atoms with Gasteiger partial charge in [0.05, 0.1) is 39.9 Å². The van der Waals surface area contributed by atoms with Crippen LogP contribution in [0.4, 0.5) is 0 Å². The molecule has 406 valence electrons. The number of unbranched alkanes of at least 4 members (excludes halogenated alkanes) is 41. The molecule has 0 aliphatic rings. The molecule has 2 N–H and O–H groups in total. The number of phosphoric acid groups is 1. The van der Waals surface area contributed by atoms with E-state index >= 15 is 0 Å². The minimum absolute atomic E-state index is 0.0151. The van der Waals surface area contributed by atoms with Crippen molar-refractivity contribution in [2.75, 3.05) is 40.9 Å². The molecule has 9 heteroatoms. The molecule has 0 fully saturated rings. The Morgan fingerprint density at radius 3 is 1.15 bits per heavy atom. The van der Waals surface area contributed by atoms with E-state index in [0.29, 0.717) is 23.9 Å². The molecule has 0 radical (unpaired) electrons. The van der Waals surface area contributed by atoms with Crippen LogP contribution in [-0.4, -0.2) is 68.5 Å². The SMILES string of the molecule is CCCCCCCCCCCCCC/C=C\CCCCCCCCCCCCCCCCCC(=O)NC(COP(=O)([O-])OCC[N+](C)(C)C)C(O)CCCCCCCCCCCCCCCCC. The fourth-order valence-corrected chi connectivity index (χ4v) is 10.00. The van der Waals surface area contributed by atoms with Gasteiger partial charge in [-0.25, -0.2) is 0 Å². The molecule has 0 spiro atoms. The van der Waals surface area contributed by atoms with Gasteiger partial charge in [-0.3, -0.25) is 9.36 Å². The van der Waals surface area contributed by atoms with Crippen molar-refractivity contribution in [2.45, 2.75) is 321 Å². The van der Waals surface area contributed by atoms with Gasteiger partial charge in [0.15, 0.2) is 0 Å². The number of quaternary nitrogens is 1. The van der Waals surface area contributed by atoms with E-state index in [1.54, 1.807) is 0 Å². The van der Waals surface area contributed by atoms with Crippen LogP contribution in [0.5, 0.6) is 0 Å². The highest BCUT2D eigenvalue weighted by molar-refractivity contribution is 7.45. The third kappa shape index (κ3) is 53.0. The van der Waals surface area contributed by atoms with E-state index < -0.39 is 20.0 Å². The van der Waals surface area contributed by atoms with Gasteiger partial charge in [0, 0.05) is 6.42 Å². The van der Waals surface area contributed by atoms with Gasteiger partial charge in [-0.1, -0.05) is 276 Å². The van der Waals surface area contributed by atoms with Crippen LogP contribution < -0.4 is 10.2 Å². The van der Waals surface area contributed by atoms with Crippen LogP contribution in [0, 0.1) is 0 Å². The number of nitrogens with one attached hydrogen (secondary N) is 1. The topological polar surface area (TPSA) is 108 Å². The third-order valence-electron chi connectivity index (χ3n) is 14.0. The Kier molecular flexibility index (Phi) is 50.6. The molecule has 0 aliphatic heterocycles. The van der Waals surface area contributed by atoms with E-state index in [9.17, 15) is 19.4 Å². The lowest BCUT2D eigenvalue weighted by molar-refractivity contribution is -0.870. The van der Waals surface area contributed by atoms with Crippen molar-refractivity contribution in [1.82, 2.24) is 5.32 Å². The summed E-state index contributed by atoms with van der Waals surface area (Å²) in [7, 11) is 1.32. The highest BCUT2D eigenvalue weighted by atomic mass is 31.2. The Balaban J connectivity index is 4.00. The standard InChI is InChI=1S/C59H119N2O6P/c1-6-8-10-12-14-16-18-20-22-23-24-25-26-27-28-29-30-31-32-33-34-35-36-37-39-41-43-45-47-49-51-53-59(63)60-57(56-67-68(64,65)66-55-54-61(3,4)5)58(62)52-50-48-46-44-42-40-38-21-19-17-15-13-11-9-7-2/h27-28,57-58,62H,6-26,29-56H2,1-5H3,(H-,60,63,64,65)/b28-27-. The number of hydrogen-bond donors (Lipinski definition) is 2. The Morgan fingerprint density at radius 2 is 0.809 bits per heavy atom. The van der Waals surface area contributed by atoms with Crippen LogP contribution >= 0.6 is 7.82 Å². The van der Waals surface area contributed by atoms with Crippen molar-refractivity contribution in [3.63, 3.8) is 0 Å². The van der Waals surface area contributed by atoms with Crippen molar-refractivity contribution < 1.29 is 32.9 Å². The molecule has 0 bridgehead atoms. The first-order chi connectivity index (χ1) is 33.0. The number of allylic oxidation sites excluding steroid dienone is 2. The average Bonchev–Trinajstić information content (AvgIpc) is 3.30. The van der Waals surface area contributed by atoms with E-state index in [2.05, 4.69) is 31.3 Å². The first kappa shape index (κ1) is 67.2. The number of amides is 1. The summed E-state index contributed by atoms with van der Waals surface area (Å²) in [5.41, 5.74) is 0. The summed E-state index contributed by atoms with van der Waals surface area (Å²) in [5.74, 6) is -0.159. The van der Waals surface area contributed by atoms with Crippen LogP contribution in [0.25, 0.3) is 0 Å². The van der Waals surface area contributed by atoms with Gasteiger partial charge in [-0.15, -0.1) is 0 Å². The van der Waals surface area contributed by atoms with Gasteiger partial charge in [0.1, 0.15) is 13.2 Å². The van der Waals surface area contributed by atoms with E-state index in [1.165, 1.54) is 244 Å². The van der Waals surface area contributed by atoms with Crippen LogP contribution in [0.1, 0.15) is 309 Å². The number of phosphoric ester groups is 1. The zero-order valence-electron chi connectivity index (χ0n) is 46.3. The van der Waals surface area contributed by atoms with Crippen LogP contribution in [-0.2, 0) is 18.4 Å². The van der Waals surface area contributed by atoms with Gasteiger partial charge in [-0.05, 0) is 38.5 Å². The molecule has 3 atom stereocenters. The summed E-state index contributed by atoms with van der Waals surface area (Å²) in [4.78, 5) is 25.5. The molecule has 3 unspecified atom stereocenters. The Bertz CT molecular complexity index is 1120. The third-order valence-corrected chi connectivity index (χ3v) is 15.0. The Hall–Kier alpha value is -0.760. The van der Waals surface area contributed by atoms with E-state index in [1.807, 2.05) is 21.1 Å². The minimum Gasteiger partial charge on any atom is -0.756 e. The predicted octanol–water partition coefficient (Wildman–Crippen LogP) is 17.6. The number of rotatable bonds is 56. The maximum Gasteiger partial charge on any atom is 0.268 e. The molecule has 0 heterocycles. The van der Waals surface area contributed by atoms with Gasteiger partial charge < -0.3 is 28.8 Å². The fourth-order valence-electron chi connectivity index (χ4n) is 9.27. The largest absolute Gasteiger partial charge is 0.756 e. The first-order valence-electron chi connectivity index (χ1n) is 30.0. The lowest BCUT2D eigenvalue weighted by Crippen LogP contribution is -2.46. The van der Waals surface area contributed by atoms with E-state index in [-0.39, 0.29) is 19.1 Å². The highest BCUT2D eigenvalue weighted by Gasteiger charge is 2.24. The molecule has 68 heavy (non-hydrogen) atoms. The molecule has 0 aliphatic carbocycles. The Labute approximate surface area is 424 Å². The highest BCUT2D eigenvalue weighted by Crippen LogP contribution is 2.38. The maximum atomic E-state index is 13.0. The summed E-state index contributed by atoms with van der Waals surface area (Å²) < 4.78 is 23.4. The second-order valence-corrected chi connectivity index (χ2v) is 23.5. The molecule has 0 aromatic rings. The summed E-state index contributed by atoms with van der Waals surface area (Å²) in [6.45, 7) is 4.77.